The predicted molar refractivity (Wildman–Crippen MR) is 53.2 cm³/mol. The van der Waals surface area contributed by atoms with E-state index < -0.39 is 8.56 Å². The van der Waals surface area contributed by atoms with Crippen LogP contribution < -0.4 is 5.73 Å². The van der Waals surface area contributed by atoms with Gasteiger partial charge in [-0.25, -0.2) is 0 Å². The molecule has 0 aromatic carbocycles. The molecular weight excluding hydrogens is 170 g/mol. The van der Waals surface area contributed by atoms with Crippen molar-refractivity contribution < 1.29 is 8.85 Å². The molecule has 0 aromatic rings. The highest BCUT2D eigenvalue weighted by Crippen LogP contribution is 2.05. The topological polar surface area (TPSA) is 44.5 Å². The first kappa shape index (κ1) is 12.1. The lowest BCUT2D eigenvalue weighted by Crippen LogP contribution is -2.46. The molecule has 0 spiro atoms. The van der Waals surface area contributed by atoms with Crippen LogP contribution in [0.5, 0.6) is 0 Å². The van der Waals surface area contributed by atoms with Crippen molar-refractivity contribution in [2.75, 3.05) is 19.9 Å². The molecule has 0 fully saturated rings. The van der Waals surface area contributed by atoms with Gasteiger partial charge in [0.25, 0.3) is 0 Å². The van der Waals surface area contributed by atoms with E-state index in [9.17, 15) is 0 Å². The molecule has 0 aliphatic carbocycles. The molecule has 3 nitrogen and oxygen atoms in total. The lowest BCUT2D eigenvalue weighted by Gasteiger charge is -2.22. The van der Waals surface area contributed by atoms with E-state index in [4.69, 9.17) is 14.6 Å². The SMILES string of the molecule is CCCCCO[Si](C)(CN)OC. The van der Waals surface area contributed by atoms with Crippen molar-refractivity contribution in [3.63, 3.8) is 0 Å². The lowest BCUT2D eigenvalue weighted by molar-refractivity contribution is 0.201. The third-order valence-electron chi connectivity index (χ3n) is 1.96. The van der Waals surface area contributed by atoms with Gasteiger partial charge in [-0.05, 0) is 13.0 Å². The van der Waals surface area contributed by atoms with Gasteiger partial charge < -0.3 is 14.6 Å². The molecule has 0 saturated heterocycles. The normalized spacial score (nSPS) is 16.0. The van der Waals surface area contributed by atoms with Gasteiger partial charge >= 0.3 is 8.56 Å². The van der Waals surface area contributed by atoms with E-state index in [2.05, 4.69) is 6.92 Å². The molecule has 1 unspecified atom stereocenters. The molecule has 0 bridgehead atoms. The second kappa shape index (κ2) is 6.60. The Morgan fingerprint density at radius 2 is 2.00 bits per heavy atom. The van der Waals surface area contributed by atoms with Crippen LogP contribution in [0.3, 0.4) is 0 Å². The van der Waals surface area contributed by atoms with Crippen LogP contribution in [0.15, 0.2) is 0 Å². The third kappa shape index (κ3) is 4.87. The highest BCUT2D eigenvalue weighted by atomic mass is 28.4. The van der Waals surface area contributed by atoms with Gasteiger partial charge in [-0.2, -0.15) is 0 Å². The van der Waals surface area contributed by atoms with Gasteiger partial charge in [0.15, 0.2) is 0 Å². The van der Waals surface area contributed by atoms with E-state index in [1.54, 1.807) is 7.11 Å². The fourth-order valence-electron chi connectivity index (χ4n) is 0.841. The Hall–Kier alpha value is 0.0969. The highest BCUT2D eigenvalue weighted by Gasteiger charge is 2.27. The molecule has 0 radical (unpaired) electrons. The van der Waals surface area contributed by atoms with Crippen molar-refractivity contribution in [2.24, 2.45) is 5.73 Å². The number of hydrogen-bond acceptors (Lipinski definition) is 3. The molecule has 0 aliphatic rings. The standard InChI is InChI=1S/C8H21NO2Si/c1-4-5-6-7-11-12(3,8-9)10-2/h4-9H2,1-3H3. The molecule has 0 aromatic heterocycles. The van der Waals surface area contributed by atoms with Crippen LogP contribution in [0.1, 0.15) is 26.2 Å². The Morgan fingerprint density at radius 3 is 2.42 bits per heavy atom. The molecule has 0 saturated carbocycles. The van der Waals surface area contributed by atoms with Crippen LogP contribution in [0.4, 0.5) is 0 Å². The summed E-state index contributed by atoms with van der Waals surface area (Å²) in [5.74, 6) is 0. The molecule has 0 rings (SSSR count). The fourth-order valence-corrected chi connectivity index (χ4v) is 1.82. The minimum absolute atomic E-state index is 0.537. The second-order valence-corrected chi connectivity index (χ2v) is 6.47. The van der Waals surface area contributed by atoms with Crippen molar-refractivity contribution in [1.29, 1.82) is 0 Å². The molecule has 2 N–H and O–H groups in total. The van der Waals surface area contributed by atoms with Crippen molar-refractivity contribution in [3.8, 4) is 0 Å². The van der Waals surface area contributed by atoms with Crippen molar-refractivity contribution in [3.05, 3.63) is 0 Å². The summed E-state index contributed by atoms with van der Waals surface area (Å²) in [5, 5.41) is 0. The minimum Gasteiger partial charge on any atom is -0.397 e. The average molecular weight is 191 g/mol. The summed E-state index contributed by atoms with van der Waals surface area (Å²) in [6.45, 7) is 4.97. The third-order valence-corrected chi connectivity index (χ3v) is 4.38. The number of nitrogens with two attached hydrogens (primary N) is 1. The van der Waals surface area contributed by atoms with Gasteiger partial charge in [0, 0.05) is 19.9 Å². The predicted octanol–water partition coefficient (Wildman–Crippen LogP) is 1.41. The number of hydrogen-bond donors (Lipinski definition) is 1. The maximum absolute atomic E-state index is 5.62. The summed E-state index contributed by atoms with van der Waals surface area (Å²) < 4.78 is 10.9. The quantitative estimate of drug-likeness (QED) is 0.489. The van der Waals surface area contributed by atoms with Crippen molar-refractivity contribution in [2.45, 2.75) is 32.7 Å². The Morgan fingerprint density at radius 1 is 1.33 bits per heavy atom. The van der Waals surface area contributed by atoms with Crippen LogP contribution in [0.25, 0.3) is 0 Å². The summed E-state index contributed by atoms with van der Waals surface area (Å²) in [4.78, 5) is 0. The minimum atomic E-state index is -1.97. The summed E-state index contributed by atoms with van der Waals surface area (Å²) in [5.41, 5.74) is 5.54. The van der Waals surface area contributed by atoms with Gasteiger partial charge in [-0.1, -0.05) is 19.8 Å². The number of rotatable bonds is 7. The van der Waals surface area contributed by atoms with E-state index in [1.165, 1.54) is 12.8 Å². The molecule has 0 heterocycles. The summed E-state index contributed by atoms with van der Waals surface area (Å²) in [7, 11) is -0.290. The van der Waals surface area contributed by atoms with E-state index in [1.807, 2.05) is 6.55 Å². The first-order valence-electron chi connectivity index (χ1n) is 4.57. The van der Waals surface area contributed by atoms with Gasteiger partial charge in [0.05, 0.1) is 0 Å². The van der Waals surface area contributed by atoms with E-state index in [-0.39, 0.29) is 0 Å². The zero-order valence-electron chi connectivity index (χ0n) is 8.43. The second-order valence-electron chi connectivity index (χ2n) is 3.10. The van der Waals surface area contributed by atoms with Crippen LogP contribution in [0.2, 0.25) is 6.55 Å². The van der Waals surface area contributed by atoms with Gasteiger partial charge in [0.2, 0.25) is 0 Å². The zero-order chi connectivity index (χ0) is 9.45. The summed E-state index contributed by atoms with van der Waals surface area (Å²) in [6, 6.07) is 0. The van der Waals surface area contributed by atoms with Crippen LogP contribution in [-0.2, 0) is 8.85 Å². The molecule has 1 atom stereocenters. The summed E-state index contributed by atoms with van der Waals surface area (Å²) in [6.07, 6.45) is 4.09. The van der Waals surface area contributed by atoms with Crippen molar-refractivity contribution in [1.82, 2.24) is 0 Å². The van der Waals surface area contributed by atoms with E-state index in [0.29, 0.717) is 6.17 Å². The van der Waals surface area contributed by atoms with Gasteiger partial charge in [-0.3, -0.25) is 0 Å². The Balaban J connectivity index is 3.45. The molecule has 12 heavy (non-hydrogen) atoms. The molecule has 0 amide bonds. The van der Waals surface area contributed by atoms with Crippen LogP contribution in [-0.4, -0.2) is 28.4 Å². The zero-order valence-corrected chi connectivity index (χ0v) is 9.43. The van der Waals surface area contributed by atoms with Crippen LogP contribution >= 0.6 is 0 Å². The van der Waals surface area contributed by atoms with Crippen LogP contribution in [0, 0.1) is 0 Å². The first-order chi connectivity index (χ1) is 5.68. The first-order valence-corrected chi connectivity index (χ1v) is 7.10. The molecule has 4 heteroatoms. The molecule has 74 valence electrons. The maximum Gasteiger partial charge on any atom is 0.348 e. The van der Waals surface area contributed by atoms with Crippen molar-refractivity contribution >= 4 is 8.56 Å². The van der Waals surface area contributed by atoms with E-state index in [0.717, 1.165) is 13.0 Å². The summed E-state index contributed by atoms with van der Waals surface area (Å²) >= 11 is 0. The fraction of sp³-hybridized carbons (Fsp3) is 1.00. The largest absolute Gasteiger partial charge is 0.397 e. The lowest BCUT2D eigenvalue weighted by atomic mass is 10.3. The smallest absolute Gasteiger partial charge is 0.348 e. The monoisotopic (exact) mass is 191 g/mol. The Labute approximate surface area is 76.5 Å². The number of unbranched alkanes of at least 4 members (excludes halogenated alkanes) is 2. The molecule has 0 aliphatic heterocycles. The van der Waals surface area contributed by atoms with Gasteiger partial charge in [0.1, 0.15) is 0 Å². The molecular formula is C8H21NO2Si. The highest BCUT2D eigenvalue weighted by molar-refractivity contribution is 6.66. The Bertz CT molecular complexity index is 107. The Kier molecular flexibility index (Phi) is 6.65. The maximum atomic E-state index is 5.62. The van der Waals surface area contributed by atoms with E-state index >= 15 is 0 Å². The van der Waals surface area contributed by atoms with Gasteiger partial charge in [-0.15, -0.1) is 0 Å². The average Bonchev–Trinajstić information content (AvgIpc) is 2.12.